The number of aliphatic carboxylic acids is 1. The Kier molecular flexibility index (Phi) is 2.56. The number of hydrogen-bond acceptors (Lipinski definition) is 3. The minimum absolute atomic E-state index is 0.336. The predicted octanol–water partition coefficient (Wildman–Crippen LogP) is 1.67. The molecule has 0 aromatic carbocycles. The first-order chi connectivity index (χ1) is 7.11. The zero-order valence-electron chi connectivity index (χ0n) is 7.74. The van der Waals surface area contributed by atoms with Gasteiger partial charge < -0.3 is 5.11 Å². The molecule has 2 rings (SSSR count). The van der Waals surface area contributed by atoms with E-state index < -0.39 is 11.9 Å². The molecule has 0 saturated carbocycles. The lowest BCUT2D eigenvalue weighted by Crippen LogP contribution is -2.29. The number of carboxylic acid groups (broad SMARTS) is 1. The van der Waals surface area contributed by atoms with Crippen molar-refractivity contribution in [3.63, 3.8) is 0 Å². The van der Waals surface area contributed by atoms with E-state index in [1.807, 2.05) is 0 Å². The molecular formula is C10H8BrNO3. The third-order valence-electron chi connectivity index (χ3n) is 2.57. The molecule has 1 N–H and O–H groups in total. The van der Waals surface area contributed by atoms with E-state index in [1.165, 1.54) is 6.20 Å². The zero-order valence-corrected chi connectivity index (χ0v) is 9.32. The van der Waals surface area contributed by atoms with E-state index >= 15 is 0 Å². The van der Waals surface area contributed by atoms with Crippen LogP contribution in [0, 0.1) is 5.92 Å². The van der Waals surface area contributed by atoms with Crippen molar-refractivity contribution in [2.24, 2.45) is 5.92 Å². The van der Waals surface area contributed by atoms with Crippen LogP contribution in [-0.2, 0) is 11.2 Å². The third-order valence-corrected chi connectivity index (χ3v) is 3.25. The van der Waals surface area contributed by atoms with E-state index in [-0.39, 0.29) is 5.78 Å². The highest BCUT2D eigenvalue weighted by molar-refractivity contribution is 9.10. The summed E-state index contributed by atoms with van der Waals surface area (Å²) in [5.74, 6) is -2.29. The Morgan fingerprint density at radius 1 is 1.53 bits per heavy atom. The zero-order chi connectivity index (χ0) is 11.0. The van der Waals surface area contributed by atoms with Crippen LogP contribution in [0.5, 0.6) is 0 Å². The van der Waals surface area contributed by atoms with Crippen LogP contribution in [-0.4, -0.2) is 21.8 Å². The largest absolute Gasteiger partial charge is 0.481 e. The summed E-state index contributed by atoms with van der Waals surface area (Å²) in [6, 6.07) is 0. The summed E-state index contributed by atoms with van der Waals surface area (Å²) in [6.07, 6.45) is 4.02. The molecule has 1 unspecified atom stereocenters. The number of carboxylic acids is 1. The molecule has 0 aliphatic heterocycles. The number of carbonyl (C=O) groups is 2. The summed E-state index contributed by atoms with van der Waals surface area (Å²) >= 11 is 3.30. The number of Topliss-reactive ketones (excluding diaryl/α,β-unsaturated/α-hetero) is 1. The van der Waals surface area contributed by atoms with E-state index in [2.05, 4.69) is 20.9 Å². The number of ketones is 1. The molecular weight excluding hydrogens is 262 g/mol. The third kappa shape index (κ3) is 1.67. The molecule has 1 aromatic rings. The first kappa shape index (κ1) is 10.3. The Labute approximate surface area is 94.5 Å². The topological polar surface area (TPSA) is 67.3 Å². The van der Waals surface area contributed by atoms with Crippen molar-refractivity contribution in [2.45, 2.75) is 12.8 Å². The van der Waals surface area contributed by atoms with Gasteiger partial charge in [-0.15, -0.1) is 0 Å². The van der Waals surface area contributed by atoms with Gasteiger partial charge in [-0.3, -0.25) is 14.6 Å². The molecule has 1 atom stereocenters. The Hall–Kier alpha value is -1.23. The maximum Gasteiger partial charge on any atom is 0.314 e. The van der Waals surface area contributed by atoms with Gasteiger partial charge in [0.05, 0.1) is 0 Å². The minimum atomic E-state index is -1.05. The number of pyridine rings is 1. The van der Waals surface area contributed by atoms with Gasteiger partial charge in [0, 0.05) is 22.4 Å². The van der Waals surface area contributed by atoms with Crippen LogP contribution < -0.4 is 0 Å². The summed E-state index contributed by atoms with van der Waals surface area (Å²) in [6.45, 7) is 0. The van der Waals surface area contributed by atoms with Crippen LogP contribution in [0.25, 0.3) is 0 Å². The molecule has 0 bridgehead atoms. The summed E-state index contributed by atoms with van der Waals surface area (Å²) < 4.78 is 0.775. The molecule has 1 heterocycles. The maximum absolute atomic E-state index is 11.8. The van der Waals surface area contributed by atoms with E-state index in [0.717, 1.165) is 10.0 Å². The molecule has 5 heteroatoms. The van der Waals surface area contributed by atoms with Gasteiger partial charge in [0.15, 0.2) is 5.78 Å². The number of halogens is 1. The fourth-order valence-electron chi connectivity index (χ4n) is 1.77. The van der Waals surface area contributed by atoms with E-state index in [4.69, 9.17) is 5.11 Å². The molecule has 78 valence electrons. The van der Waals surface area contributed by atoms with Crippen molar-refractivity contribution < 1.29 is 14.7 Å². The average molecular weight is 270 g/mol. The lowest BCUT2D eigenvalue weighted by atomic mass is 9.84. The van der Waals surface area contributed by atoms with E-state index in [1.54, 1.807) is 6.20 Å². The monoisotopic (exact) mass is 269 g/mol. The molecule has 1 aliphatic rings. The second kappa shape index (κ2) is 3.73. The molecule has 0 spiro atoms. The Bertz CT molecular complexity index is 444. The van der Waals surface area contributed by atoms with Gasteiger partial charge in [0.2, 0.25) is 0 Å². The van der Waals surface area contributed by atoms with Gasteiger partial charge in [-0.25, -0.2) is 0 Å². The molecule has 0 saturated heterocycles. The number of carbonyl (C=O) groups excluding carboxylic acids is 1. The Morgan fingerprint density at radius 2 is 2.27 bits per heavy atom. The molecule has 0 radical (unpaired) electrons. The van der Waals surface area contributed by atoms with Crippen molar-refractivity contribution in [1.29, 1.82) is 0 Å². The van der Waals surface area contributed by atoms with Crippen LogP contribution in [0.1, 0.15) is 22.3 Å². The fourth-order valence-corrected chi connectivity index (χ4v) is 2.30. The Balaban J connectivity index is 2.47. The normalized spacial score (nSPS) is 19.8. The first-order valence-electron chi connectivity index (χ1n) is 4.50. The fraction of sp³-hybridized carbons (Fsp3) is 0.300. The standard InChI is InChI=1S/C10H8BrNO3/c11-8-4-12-3-7-5(8)1-2-6(9(7)13)10(14)15/h3-4,6H,1-2H2,(H,14,15). The smallest absolute Gasteiger partial charge is 0.314 e. The van der Waals surface area contributed by atoms with Crippen LogP contribution in [0.2, 0.25) is 0 Å². The summed E-state index contributed by atoms with van der Waals surface area (Å²) in [7, 11) is 0. The van der Waals surface area contributed by atoms with Gasteiger partial charge in [0.1, 0.15) is 5.92 Å². The number of hydrogen-bond donors (Lipinski definition) is 1. The SMILES string of the molecule is O=C(O)C1CCc2c(Br)cncc2C1=O. The van der Waals surface area contributed by atoms with Crippen molar-refractivity contribution in [3.05, 3.63) is 28.0 Å². The van der Waals surface area contributed by atoms with E-state index in [9.17, 15) is 9.59 Å². The summed E-state index contributed by atoms with van der Waals surface area (Å²) in [5, 5.41) is 8.85. The average Bonchev–Trinajstić information content (AvgIpc) is 2.19. The van der Waals surface area contributed by atoms with Gasteiger partial charge in [-0.05, 0) is 34.3 Å². The molecule has 1 aliphatic carbocycles. The lowest BCUT2D eigenvalue weighted by molar-refractivity contribution is -0.140. The van der Waals surface area contributed by atoms with Gasteiger partial charge in [-0.1, -0.05) is 0 Å². The van der Waals surface area contributed by atoms with Gasteiger partial charge in [-0.2, -0.15) is 0 Å². The summed E-state index contributed by atoms with van der Waals surface area (Å²) in [4.78, 5) is 26.5. The van der Waals surface area contributed by atoms with Crippen molar-refractivity contribution in [3.8, 4) is 0 Å². The van der Waals surface area contributed by atoms with E-state index in [0.29, 0.717) is 18.4 Å². The van der Waals surface area contributed by atoms with Crippen LogP contribution >= 0.6 is 15.9 Å². The highest BCUT2D eigenvalue weighted by Gasteiger charge is 2.33. The molecule has 0 fully saturated rings. The lowest BCUT2D eigenvalue weighted by Gasteiger charge is -2.20. The van der Waals surface area contributed by atoms with Crippen molar-refractivity contribution in [1.82, 2.24) is 4.98 Å². The highest BCUT2D eigenvalue weighted by Crippen LogP contribution is 2.29. The molecule has 1 aromatic heterocycles. The molecule has 4 nitrogen and oxygen atoms in total. The summed E-state index contributed by atoms with van der Waals surface area (Å²) in [5.41, 5.74) is 1.30. The molecule has 15 heavy (non-hydrogen) atoms. The van der Waals surface area contributed by atoms with Gasteiger partial charge in [0.25, 0.3) is 0 Å². The number of nitrogens with zero attached hydrogens (tertiary/aromatic N) is 1. The first-order valence-corrected chi connectivity index (χ1v) is 5.30. The second-order valence-corrected chi connectivity index (χ2v) is 4.30. The van der Waals surface area contributed by atoms with Crippen LogP contribution in [0.3, 0.4) is 0 Å². The molecule has 0 amide bonds. The highest BCUT2D eigenvalue weighted by atomic mass is 79.9. The predicted molar refractivity (Wildman–Crippen MR) is 55.7 cm³/mol. The van der Waals surface area contributed by atoms with Crippen LogP contribution in [0.4, 0.5) is 0 Å². The van der Waals surface area contributed by atoms with Crippen molar-refractivity contribution >= 4 is 27.7 Å². The Morgan fingerprint density at radius 3 is 2.93 bits per heavy atom. The number of rotatable bonds is 1. The minimum Gasteiger partial charge on any atom is -0.481 e. The van der Waals surface area contributed by atoms with Gasteiger partial charge >= 0.3 is 5.97 Å². The second-order valence-electron chi connectivity index (χ2n) is 3.44. The van der Waals surface area contributed by atoms with Crippen molar-refractivity contribution in [2.75, 3.05) is 0 Å². The van der Waals surface area contributed by atoms with Crippen LogP contribution in [0.15, 0.2) is 16.9 Å². The maximum atomic E-state index is 11.8. The quantitative estimate of drug-likeness (QED) is 0.788. The number of fused-ring (bicyclic) bond motifs is 1. The number of aromatic nitrogens is 1.